The Balaban J connectivity index is 3.05. The summed E-state index contributed by atoms with van der Waals surface area (Å²) in [6.45, 7) is 12.1. The van der Waals surface area contributed by atoms with Gasteiger partial charge < -0.3 is 10.0 Å². The van der Waals surface area contributed by atoms with Gasteiger partial charge in [0.25, 0.3) is 0 Å². The Bertz CT molecular complexity index is 444. The number of carbonyl (C=O) groups is 1. The SMILES string of the molecule is CC(C)(C)CCC1C(=O)C(C#N)=C(O)N1C(C)(C)C. The van der Waals surface area contributed by atoms with Crippen molar-refractivity contribution in [1.82, 2.24) is 4.90 Å². The maximum Gasteiger partial charge on any atom is 0.210 e. The molecule has 0 bridgehead atoms. The molecule has 1 aliphatic rings. The normalized spacial score (nSPS) is 21.0. The van der Waals surface area contributed by atoms with E-state index in [0.29, 0.717) is 6.42 Å². The number of carbonyl (C=O) groups excluding carboxylic acids is 1. The van der Waals surface area contributed by atoms with Crippen LogP contribution in [0.1, 0.15) is 54.4 Å². The Morgan fingerprint density at radius 2 is 1.79 bits per heavy atom. The van der Waals surface area contributed by atoms with E-state index in [1.807, 2.05) is 26.8 Å². The van der Waals surface area contributed by atoms with Gasteiger partial charge in [0.15, 0.2) is 5.57 Å². The molecular formula is C15H24N2O2. The van der Waals surface area contributed by atoms with Crippen molar-refractivity contribution in [3.05, 3.63) is 11.5 Å². The van der Waals surface area contributed by atoms with Crippen molar-refractivity contribution in [1.29, 1.82) is 5.26 Å². The van der Waals surface area contributed by atoms with Gasteiger partial charge in [0.1, 0.15) is 6.07 Å². The smallest absolute Gasteiger partial charge is 0.210 e. The van der Waals surface area contributed by atoms with Crippen molar-refractivity contribution >= 4 is 5.78 Å². The third kappa shape index (κ3) is 3.28. The lowest BCUT2D eigenvalue weighted by Crippen LogP contribution is -2.47. The number of aliphatic hydroxyl groups excluding tert-OH is 1. The lowest BCUT2D eigenvalue weighted by Gasteiger charge is -2.38. The molecule has 4 heteroatoms. The molecule has 0 aliphatic carbocycles. The van der Waals surface area contributed by atoms with Crippen molar-refractivity contribution in [3.63, 3.8) is 0 Å². The summed E-state index contributed by atoms with van der Waals surface area (Å²) in [4.78, 5) is 13.9. The van der Waals surface area contributed by atoms with E-state index in [4.69, 9.17) is 5.26 Å². The van der Waals surface area contributed by atoms with Gasteiger partial charge in [-0.15, -0.1) is 0 Å². The number of hydrogen-bond donors (Lipinski definition) is 1. The van der Waals surface area contributed by atoms with E-state index in [-0.39, 0.29) is 28.2 Å². The Hall–Kier alpha value is -1.50. The van der Waals surface area contributed by atoms with Gasteiger partial charge in [-0.05, 0) is 39.0 Å². The summed E-state index contributed by atoms with van der Waals surface area (Å²) >= 11 is 0. The number of ketones is 1. The average Bonchev–Trinajstić information content (AvgIpc) is 2.45. The monoisotopic (exact) mass is 264 g/mol. The van der Waals surface area contributed by atoms with Gasteiger partial charge in [0, 0.05) is 5.54 Å². The molecule has 1 heterocycles. The molecule has 0 aromatic rings. The second kappa shape index (κ2) is 4.88. The Morgan fingerprint density at radius 3 is 2.16 bits per heavy atom. The van der Waals surface area contributed by atoms with Gasteiger partial charge >= 0.3 is 0 Å². The van der Waals surface area contributed by atoms with Crippen molar-refractivity contribution in [2.75, 3.05) is 0 Å². The molecule has 4 nitrogen and oxygen atoms in total. The quantitative estimate of drug-likeness (QED) is 0.832. The first-order chi connectivity index (χ1) is 8.49. The molecule has 1 atom stereocenters. The van der Waals surface area contributed by atoms with Gasteiger partial charge in [0.05, 0.1) is 6.04 Å². The fourth-order valence-corrected chi connectivity index (χ4v) is 2.38. The number of nitriles is 1. The summed E-state index contributed by atoms with van der Waals surface area (Å²) in [5.41, 5.74) is -0.371. The summed E-state index contributed by atoms with van der Waals surface area (Å²) in [7, 11) is 0. The molecule has 0 saturated heterocycles. The van der Waals surface area contributed by atoms with E-state index in [9.17, 15) is 9.90 Å². The molecular weight excluding hydrogens is 240 g/mol. The maximum atomic E-state index is 12.2. The Labute approximate surface area is 115 Å². The molecule has 1 rings (SSSR count). The van der Waals surface area contributed by atoms with Crippen molar-refractivity contribution in [2.24, 2.45) is 5.41 Å². The fraction of sp³-hybridized carbons (Fsp3) is 0.733. The van der Waals surface area contributed by atoms with Crippen LogP contribution in [0.5, 0.6) is 0 Å². The number of Topliss-reactive ketones (excluding diaryl/α,β-unsaturated/α-hetero) is 1. The van der Waals surface area contributed by atoms with Crippen LogP contribution in [0.3, 0.4) is 0 Å². The molecule has 0 spiro atoms. The summed E-state index contributed by atoms with van der Waals surface area (Å²) in [6.07, 6.45) is 1.51. The third-order valence-corrected chi connectivity index (χ3v) is 3.31. The molecule has 1 unspecified atom stereocenters. The number of nitrogens with zero attached hydrogens (tertiary/aromatic N) is 2. The van der Waals surface area contributed by atoms with Gasteiger partial charge in [-0.2, -0.15) is 5.26 Å². The molecule has 0 fully saturated rings. The number of aliphatic hydroxyl groups is 1. The molecule has 0 aromatic carbocycles. The van der Waals surface area contributed by atoms with Crippen molar-refractivity contribution in [2.45, 2.75) is 66.0 Å². The minimum absolute atomic E-state index is 0.103. The average molecular weight is 264 g/mol. The highest BCUT2D eigenvalue weighted by Gasteiger charge is 2.44. The largest absolute Gasteiger partial charge is 0.494 e. The van der Waals surface area contributed by atoms with E-state index in [2.05, 4.69) is 20.8 Å². The molecule has 0 amide bonds. The first-order valence-electron chi connectivity index (χ1n) is 6.66. The van der Waals surface area contributed by atoms with Crippen LogP contribution < -0.4 is 0 Å². The summed E-state index contributed by atoms with van der Waals surface area (Å²) < 4.78 is 0. The topological polar surface area (TPSA) is 64.3 Å². The summed E-state index contributed by atoms with van der Waals surface area (Å²) in [6, 6.07) is 1.41. The Kier molecular flexibility index (Phi) is 4.00. The molecule has 0 saturated carbocycles. The fourth-order valence-electron chi connectivity index (χ4n) is 2.38. The van der Waals surface area contributed by atoms with Gasteiger partial charge in [-0.1, -0.05) is 20.8 Å². The van der Waals surface area contributed by atoms with E-state index < -0.39 is 6.04 Å². The Morgan fingerprint density at radius 1 is 1.26 bits per heavy atom. The first kappa shape index (κ1) is 15.6. The molecule has 0 aromatic heterocycles. The van der Waals surface area contributed by atoms with E-state index in [0.717, 1.165) is 6.42 Å². The van der Waals surface area contributed by atoms with Crippen molar-refractivity contribution in [3.8, 4) is 6.07 Å². The summed E-state index contributed by atoms with van der Waals surface area (Å²) in [5, 5.41) is 19.1. The summed E-state index contributed by atoms with van der Waals surface area (Å²) in [5.74, 6) is -0.418. The van der Waals surface area contributed by atoms with E-state index in [1.54, 1.807) is 4.90 Å². The van der Waals surface area contributed by atoms with Crippen LogP contribution in [0, 0.1) is 16.7 Å². The van der Waals surface area contributed by atoms with Crippen molar-refractivity contribution < 1.29 is 9.90 Å². The second-order valence-electron chi connectivity index (χ2n) is 7.33. The minimum Gasteiger partial charge on any atom is -0.494 e. The van der Waals surface area contributed by atoms with Gasteiger partial charge in [0.2, 0.25) is 11.7 Å². The number of rotatable bonds is 2. The lowest BCUT2D eigenvalue weighted by atomic mass is 9.87. The first-order valence-corrected chi connectivity index (χ1v) is 6.66. The van der Waals surface area contributed by atoms with Gasteiger partial charge in [-0.25, -0.2) is 0 Å². The zero-order valence-electron chi connectivity index (χ0n) is 12.7. The van der Waals surface area contributed by atoms with Gasteiger partial charge in [-0.3, -0.25) is 4.79 Å². The highest BCUT2D eigenvalue weighted by Crippen LogP contribution is 2.35. The minimum atomic E-state index is -0.422. The predicted molar refractivity (Wildman–Crippen MR) is 74.3 cm³/mol. The highest BCUT2D eigenvalue weighted by molar-refractivity contribution is 6.05. The molecule has 106 valence electrons. The maximum absolute atomic E-state index is 12.2. The molecule has 19 heavy (non-hydrogen) atoms. The molecule has 1 aliphatic heterocycles. The highest BCUT2D eigenvalue weighted by atomic mass is 16.3. The standard InChI is InChI=1S/C15H24N2O2/c1-14(2,3)8-7-11-12(18)10(9-16)13(19)17(11)15(4,5)6/h11,19H,7-8H2,1-6H3. The van der Waals surface area contributed by atoms with Crippen LogP contribution in [0.15, 0.2) is 11.5 Å². The zero-order chi connectivity index (χ0) is 15.0. The number of hydrogen-bond acceptors (Lipinski definition) is 4. The van der Waals surface area contributed by atoms with Crippen LogP contribution in [0.2, 0.25) is 0 Å². The van der Waals surface area contributed by atoms with E-state index >= 15 is 0 Å². The second-order valence-corrected chi connectivity index (χ2v) is 7.33. The molecule has 0 radical (unpaired) electrons. The van der Waals surface area contributed by atoms with Crippen LogP contribution in [-0.4, -0.2) is 27.4 Å². The van der Waals surface area contributed by atoms with Crippen LogP contribution in [0.25, 0.3) is 0 Å². The lowest BCUT2D eigenvalue weighted by molar-refractivity contribution is -0.119. The van der Waals surface area contributed by atoms with E-state index in [1.165, 1.54) is 0 Å². The van der Waals surface area contributed by atoms with Crippen LogP contribution in [-0.2, 0) is 4.79 Å². The zero-order valence-corrected chi connectivity index (χ0v) is 12.7. The predicted octanol–water partition coefficient (Wildman–Crippen LogP) is 3.16. The van der Waals surface area contributed by atoms with Crippen LogP contribution in [0.4, 0.5) is 0 Å². The molecule has 1 N–H and O–H groups in total. The third-order valence-electron chi connectivity index (χ3n) is 3.31. The van der Waals surface area contributed by atoms with Crippen LogP contribution >= 0.6 is 0 Å².